The lowest BCUT2D eigenvalue weighted by atomic mass is 10.1. The summed E-state index contributed by atoms with van der Waals surface area (Å²) in [5, 5.41) is 0. The average molecular weight is 417 g/mol. The van der Waals surface area contributed by atoms with Crippen LogP contribution in [-0.4, -0.2) is 17.8 Å². The zero-order chi connectivity index (χ0) is 20.6. The van der Waals surface area contributed by atoms with Gasteiger partial charge in [0.15, 0.2) is 0 Å². The maximum atomic E-state index is 12.9. The number of nitrogens with one attached hydrogen (secondary N) is 1. The Morgan fingerprint density at radius 2 is 1.72 bits per heavy atom. The first kappa shape index (κ1) is 19.0. The number of hydrogen-bond donors (Lipinski definition) is 1. The second-order valence-electron chi connectivity index (χ2n) is 6.30. The molecule has 0 spiro atoms. The predicted molar refractivity (Wildman–Crippen MR) is 103 cm³/mol. The molecule has 0 bridgehead atoms. The van der Waals surface area contributed by atoms with Gasteiger partial charge in [0.1, 0.15) is 5.65 Å². The van der Waals surface area contributed by atoms with Gasteiger partial charge in [-0.25, -0.2) is 13.4 Å². The number of hydrogen-bond acceptors (Lipinski definition) is 3. The van der Waals surface area contributed by atoms with Gasteiger partial charge in [0.25, 0.3) is 10.0 Å². The summed E-state index contributed by atoms with van der Waals surface area (Å²) in [6.07, 6.45) is -0.990. The van der Waals surface area contributed by atoms with E-state index in [1.807, 2.05) is 28.8 Å². The number of benzene rings is 2. The van der Waals surface area contributed by atoms with Crippen LogP contribution in [0.1, 0.15) is 5.56 Å². The number of fused-ring (bicyclic) bond motifs is 1. The van der Waals surface area contributed by atoms with E-state index in [0.29, 0.717) is 17.3 Å². The molecule has 0 aliphatic carbocycles. The van der Waals surface area contributed by atoms with Crippen molar-refractivity contribution in [3.63, 3.8) is 0 Å². The topological polar surface area (TPSA) is 63.5 Å². The summed E-state index contributed by atoms with van der Waals surface area (Å²) in [6, 6.07) is 15.7. The summed E-state index contributed by atoms with van der Waals surface area (Å²) in [5.41, 5.74) is 1.22. The SMILES string of the molecule is O=S(=O)(Nc1cccc(-c2cn3ccccc3n2)c1)c1cccc(C(F)(F)F)c1. The van der Waals surface area contributed by atoms with Crippen molar-refractivity contribution in [2.45, 2.75) is 11.1 Å². The third-order valence-electron chi connectivity index (χ3n) is 4.25. The Morgan fingerprint density at radius 3 is 2.48 bits per heavy atom. The van der Waals surface area contributed by atoms with Gasteiger partial charge in [-0.15, -0.1) is 0 Å². The second-order valence-corrected chi connectivity index (χ2v) is 7.99. The van der Waals surface area contributed by atoms with Crippen LogP contribution in [0.2, 0.25) is 0 Å². The van der Waals surface area contributed by atoms with E-state index in [0.717, 1.165) is 23.8 Å². The van der Waals surface area contributed by atoms with Crippen LogP contribution in [0.4, 0.5) is 18.9 Å². The number of imidazole rings is 1. The standard InChI is InChI=1S/C20H14F3N3O2S/c21-20(22,23)15-6-4-8-17(12-15)29(27,28)25-16-7-3-5-14(11-16)18-13-26-10-2-1-9-19(26)24-18/h1-13,25H. The monoisotopic (exact) mass is 417 g/mol. The van der Waals surface area contributed by atoms with Gasteiger partial charge in [0.2, 0.25) is 0 Å². The van der Waals surface area contributed by atoms with Gasteiger partial charge in [-0.3, -0.25) is 4.72 Å². The first-order valence-corrected chi connectivity index (χ1v) is 9.95. The van der Waals surface area contributed by atoms with Gasteiger partial charge in [-0.05, 0) is 42.5 Å². The number of halogens is 3. The fraction of sp³-hybridized carbons (Fsp3) is 0.0500. The molecule has 0 atom stereocenters. The van der Waals surface area contributed by atoms with Crippen LogP contribution >= 0.6 is 0 Å². The zero-order valence-corrected chi connectivity index (χ0v) is 15.6. The molecule has 0 radical (unpaired) electrons. The highest BCUT2D eigenvalue weighted by Gasteiger charge is 2.31. The molecule has 9 heteroatoms. The van der Waals surface area contributed by atoms with Crippen molar-refractivity contribution in [3.05, 3.63) is 84.7 Å². The molecular formula is C20H14F3N3O2S. The number of nitrogens with zero attached hydrogens (tertiary/aromatic N) is 2. The van der Waals surface area contributed by atoms with E-state index >= 15 is 0 Å². The lowest BCUT2D eigenvalue weighted by molar-refractivity contribution is -0.137. The van der Waals surface area contributed by atoms with E-state index in [9.17, 15) is 21.6 Å². The third-order valence-corrected chi connectivity index (χ3v) is 5.63. The number of aromatic nitrogens is 2. The second kappa shape index (κ2) is 6.93. The molecule has 0 saturated carbocycles. The van der Waals surface area contributed by atoms with Crippen molar-refractivity contribution in [2.24, 2.45) is 0 Å². The Morgan fingerprint density at radius 1 is 0.931 bits per heavy atom. The molecule has 2 heterocycles. The molecule has 5 nitrogen and oxygen atoms in total. The summed E-state index contributed by atoms with van der Waals surface area (Å²) in [4.78, 5) is 4.01. The molecule has 0 unspecified atom stereocenters. The summed E-state index contributed by atoms with van der Waals surface area (Å²) in [7, 11) is -4.20. The van der Waals surface area contributed by atoms with E-state index in [-0.39, 0.29) is 5.69 Å². The predicted octanol–water partition coefficient (Wildman–Crippen LogP) is 4.82. The van der Waals surface area contributed by atoms with Crippen LogP contribution in [0.25, 0.3) is 16.9 Å². The Hall–Kier alpha value is -3.33. The largest absolute Gasteiger partial charge is 0.416 e. The van der Waals surface area contributed by atoms with Crippen LogP contribution in [0.3, 0.4) is 0 Å². The number of sulfonamides is 1. The number of anilines is 1. The lowest BCUT2D eigenvalue weighted by Crippen LogP contribution is -2.14. The fourth-order valence-electron chi connectivity index (χ4n) is 2.87. The minimum atomic E-state index is -4.63. The van der Waals surface area contributed by atoms with E-state index < -0.39 is 26.7 Å². The summed E-state index contributed by atoms with van der Waals surface area (Å²) in [5.74, 6) is 0. The maximum absolute atomic E-state index is 12.9. The quantitative estimate of drug-likeness (QED) is 0.518. The van der Waals surface area contributed by atoms with E-state index in [1.165, 1.54) is 6.07 Å². The Balaban J connectivity index is 1.65. The molecule has 4 aromatic rings. The molecule has 0 saturated heterocycles. The van der Waals surface area contributed by atoms with Crippen molar-refractivity contribution < 1.29 is 21.6 Å². The maximum Gasteiger partial charge on any atom is 0.416 e. The van der Waals surface area contributed by atoms with Crippen molar-refractivity contribution in [1.29, 1.82) is 0 Å². The first-order chi connectivity index (χ1) is 13.7. The first-order valence-electron chi connectivity index (χ1n) is 8.47. The van der Waals surface area contributed by atoms with Gasteiger partial charge in [0.05, 0.1) is 16.2 Å². The molecule has 0 amide bonds. The Bertz CT molecular complexity index is 1260. The zero-order valence-electron chi connectivity index (χ0n) is 14.8. The molecule has 4 rings (SSSR count). The van der Waals surface area contributed by atoms with Crippen molar-refractivity contribution in [3.8, 4) is 11.3 Å². The van der Waals surface area contributed by atoms with Crippen LogP contribution in [-0.2, 0) is 16.2 Å². The Labute approximate surface area is 164 Å². The van der Waals surface area contributed by atoms with Crippen molar-refractivity contribution >= 4 is 21.4 Å². The van der Waals surface area contributed by atoms with Crippen molar-refractivity contribution in [1.82, 2.24) is 9.38 Å². The number of pyridine rings is 1. The normalized spacial score (nSPS) is 12.2. The van der Waals surface area contributed by atoms with Gasteiger partial charge in [0, 0.05) is 23.6 Å². The molecular weight excluding hydrogens is 403 g/mol. The highest BCUT2D eigenvalue weighted by Crippen LogP contribution is 2.31. The van der Waals surface area contributed by atoms with Crippen molar-refractivity contribution in [2.75, 3.05) is 4.72 Å². The molecule has 0 fully saturated rings. The highest BCUT2D eigenvalue weighted by molar-refractivity contribution is 7.92. The summed E-state index contributed by atoms with van der Waals surface area (Å²) in [6.45, 7) is 0. The summed E-state index contributed by atoms with van der Waals surface area (Å²) < 4.78 is 68.0. The van der Waals surface area contributed by atoms with Crippen LogP contribution in [0.15, 0.2) is 84.0 Å². The molecule has 2 aromatic heterocycles. The number of alkyl halides is 3. The van der Waals surface area contributed by atoms with Gasteiger partial charge in [-0.1, -0.05) is 24.3 Å². The summed E-state index contributed by atoms with van der Waals surface area (Å²) >= 11 is 0. The Kier molecular flexibility index (Phi) is 4.54. The van der Waals surface area contributed by atoms with Crippen LogP contribution < -0.4 is 4.72 Å². The molecule has 0 aliphatic heterocycles. The van der Waals surface area contributed by atoms with E-state index in [4.69, 9.17) is 0 Å². The average Bonchev–Trinajstić information content (AvgIpc) is 3.12. The van der Waals surface area contributed by atoms with Crippen LogP contribution in [0, 0.1) is 0 Å². The molecule has 0 aliphatic rings. The minimum Gasteiger partial charge on any atom is -0.306 e. The molecule has 29 heavy (non-hydrogen) atoms. The van der Waals surface area contributed by atoms with Gasteiger partial charge < -0.3 is 4.40 Å². The highest BCUT2D eigenvalue weighted by atomic mass is 32.2. The van der Waals surface area contributed by atoms with Gasteiger partial charge in [-0.2, -0.15) is 13.2 Å². The van der Waals surface area contributed by atoms with E-state index in [2.05, 4.69) is 9.71 Å². The third kappa shape index (κ3) is 3.95. The smallest absolute Gasteiger partial charge is 0.306 e. The molecule has 148 valence electrons. The van der Waals surface area contributed by atoms with E-state index in [1.54, 1.807) is 24.4 Å². The minimum absolute atomic E-state index is 0.219. The molecule has 2 aromatic carbocycles. The van der Waals surface area contributed by atoms with Gasteiger partial charge >= 0.3 is 6.18 Å². The lowest BCUT2D eigenvalue weighted by Gasteiger charge is -2.11. The fourth-order valence-corrected chi connectivity index (χ4v) is 3.96. The molecule has 1 N–H and O–H groups in total. The van der Waals surface area contributed by atoms with Crippen LogP contribution in [0.5, 0.6) is 0 Å². The number of rotatable bonds is 4.